The number of rotatable bonds is 8. The first-order valence-electron chi connectivity index (χ1n) is 11.1. The number of nitrogens with zero attached hydrogens (tertiary/aromatic N) is 2. The molecule has 1 aliphatic heterocycles. The van der Waals surface area contributed by atoms with Crippen molar-refractivity contribution in [3.05, 3.63) is 64.2 Å². The number of benzene rings is 2. The van der Waals surface area contributed by atoms with Crippen LogP contribution >= 0.6 is 0 Å². The fraction of sp³-hybridized carbons (Fsp3) is 0.385. The number of aryl methyl sites for hydroxylation is 2. The zero-order valence-corrected chi connectivity index (χ0v) is 19.9. The van der Waals surface area contributed by atoms with Crippen LogP contribution in [0.4, 0.5) is 0 Å². The molecule has 1 fully saturated rings. The fourth-order valence-electron chi connectivity index (χ4n) is 4.06. The summed E-state index contributed by atoms with van der Waals surface area (Å²) in [6, 6.07) is 9.59. The average molecular weight is 453 g/mol. The first kappa shape index (κ1) is 24.3. The van der Waals surface area contributed by atoms with Crippen molar-refractivity contribution >= 4 is 17.4 Å². The van der Waals surface area contributed by atoms with Crippen molar-refractivity contribution in [3.63, 3.8) is 0 Å². The minimum atomic E-state index is -0.760. The minimum Gasteiger partial charge on any atom is -0.507 e. The Morgan fingerprint density at radius 2 is 1.73 bits per heavy atom. The lowest BCUT2D eigenvalue weighted by atomic mass is 9.93. The summed E-state index contributed by atoms with van der Waals surface area (Å²) in [7, 11) is 3.89. The molecule has 1 saturated heterocycles. The molecule has 3 rings (SSSR count). The second-order valence-corrected chi connectivity index (χ2v) is 8.60. The monoisotopic (exact) mass is 452 g/mol. The van der Waals surface area contributed by atoms with Gasteiger partial charge in [0.15, 0.2) is 0 Å². The smallest absolute Gasteiger partial charge is 0.295 e. The summed E-state index contributed by atoms with van der Waals surface area (Å²) in [6.45, 7) is 7.23. The number of likely N-dealkylation sites (tertiary alicyclic amines) is 1. The number of ketones is 1. The van der Waals surface area contributed by atoms with Crippen LogP contribution < -0.4 is 4.74 Å². The lowest BCUT2D eigenvalue weighted by molar-refractivity contribution is -0.139. The number of amides is 1. The van der Waals surface area contributed by atoms with Crippen molar-refractivity contribution in [2.24, 2.45) is 0 Å². The van der Waals surface area contributed by atoms with Gasteiger partial charge in [0.25, 0.3) is 11.7 Å². The van der Waals surface area contributed by atoms with Crippen LogP contribution in [0.3, 0.4) is 0 Å². The molecule has 1 atom stereocenters. The van der Waals surface area contributed by atoms with E-state index in [1.807, 2.05) is 39.8 Å². The Morgan fingerprint density at radius 1 is 1.09 bits per heavy atom. The Morgan fingerprint density at radius 3 is 2.33 bits per heavy atom. The number of Topliss-reactive ketones (excluding diaryl/α,β-unsaturated/α-hetero) is 1. The molecule has 0 aliphatic carbocycles. The van der Waals surface area contributed by atoms with E-state index in [0.29, 0.717) is 30.9 Å². The molecule has 0 aromatic heterocycles. The number of carbonyl (C=O) groups is 2. The first-order chi connectivity index (χ1) is 15.6. The van der Waals surface area contributed by atoms with E-state index in [9.17, 15) is 19.8 Å². The predicted octanol–water partition coefficient (Wildman–Crippen LogP) is 3.78. The predicted molar refractivity (Wildman–Crippen MR) is 127 cm³/mol. The van der Waals surface area contributed by atoms with Gasteiger partial charge in [-0.05, 0) is 88.8 Å². The van der Waals surface area contributed by atoms with Gasteiger partial charge < -0.3 is 24.7 Å². The average Bonchev–Trinajstić information content (AvgIpc) is 3.01. The molecule has 1 aliphatic rings. The van der Waals surface area contributed by atoms with Crippen LogP contribution in [0.15, 0.2) is 42.0 Å². The summed E-state index contributed by atoms with van der Waals surface area (Å²) in [5, 5.41) is 21.7. The van der Waals surface area contributed by atoms with Gasteiger partial charge in [-0.2, -0.15) is 0 Å². The molecule has 1 unspecified atom stereocenters. The number of phenolic OH excluding ortho intramolecular Hbond substituents is 1. The standard InChI is InChI=1S/C26H32N2O5/c1-6-33-19-10-8-18(9-11-19)23-22(24(30)20-14-16(2)17(3)15-21(20)29)25(31)26(32)28(23)13-7-12-27(4)5/h8-11,14-15,23,29-30H,6-7,12-13H2,1-5H3. The molecule has 0 radical (unpaired) electrons. The molecular formula is C26H32N2O5. The Labute approximate surface area is 194 Å². The van der Waals surface area contributed by atoms with Crippen LogP contribution in [0.1, 0.15) is 41.6 Å². The van der Waals surface area contributed by atoms with E-state index in [2.05, 4.69) is 0 Å². The van der Waals surface area contributed by atoms with Crippen molar-refractivity contribution in [1.82, 2.24) is 9.80 Å². The Bertz CT molecular complexity index is 1070. The topological polar surface area (TPSA) is 90.3 Å². The largest absolute Gasteiger partial charge is 0.507 e. The van der Waals surface area contributed by atoms with E-state index < -0.39 is 17.7 Å². The van der Waals surface area contributed by atoms with Crippen LogP contribution in [0.25, 0.3) is 5.76 Å². The fourth-order valence-corrected chi connectivity index (χ4v) is 4.06. The molecule has 2 aromatic rings. The number of aromatic hydroxyl groups is 1. The highest BCUT2D eigenvalue weighted by Crippen LogP contribution is 2.41. The molecule has 1 heterocycles. The van der Waals surface area contributed by atoms with Gasteiger partial charge in [-0.15, -0.1) is 0 Å². The first-order valence-corrected chi connectivity index (χ1v) is 11.1. The van der Waals surface area contributed by atoms with Crippen LogP contribution in [-0.2, 0) is 9.59 Å². The lowest BCUT2D eigenvalue weighted by Crippen LogP contribution is -2.32. The van der Waals surface area contributed by atoms with Crippen LogP contribution in [0, 0.1) is 13.8 Å². The van der Waals surface area contributed by atoms with Gasteiger partial charge in [-0.3, -0.25) is 9.59 Å². The number of carbonyl (C=O) groups excluding carboxylic acids is 2. The molecule has 1 amide bonds. The van der Waals surface area contributed by atoms with Gasteiger partial charge in [-0.1, -0.05) is 12.1 Å². The van der Waals surface area contributed by atoms with Crippen LogP contribution in [0.5, 0.6) is 11.5 Å². The maximum absolute atomic E-state index is 13.1. The molecule has 176 valence electrons. The maximum Gasteiger partial charge on any atom is 0.295 e. The molecule has 2 aromatic carbocycles. The van der Waals surface area contributed by atoms with Crippen molar-refractivity contribution in [2.75, 3.05) is 33.8 Å². The molecule has 7 nitrogen and oxygen atoms in total. The van der Waals surface area contributed by atoms with E-state index >= 15 is 0 Å². The van der Waals surface area contributed by atoms with Crippen LogP contribution in [0.2, 0.25) is 0 Å². The Hall–Kier alpha value is -3.32. The second-order valence-electron chi connectivity index (χ2n) is 8.60. The SMILES string of the molecule is CCOc1ccc(C2C(=C(O)c3cc(C)c(C)cc3O)C(=O)C(=O)N2CCCN(C)C)cc1. The number of ether oxygens (including phenoxy) is 1. The summed E-state index contributed by atoms with van der Waals surface area (Å²) in [5.74, 6) is -1.24. The zero-order chi connectivity index (χ0) is 24.3. The zero-order valence-electron chi connectivity index (χ0n) is 19.9. The minimum absolute atomic E-state index is 0.0208. The molecule has 33 heavy (non-hydrogen) atoms. The van der Waals surface area contributed by atoms with E-state index in [1.54, 1.807) is 36.4 Å². The number of hydrogen-bond acceptors (Lipinski definition) is 6. The molecule has 0 spiro atoms. The third-order valence-corrected chi connectivity index (χ3v) is 5.92. The third-order valence-electron chi connectivity index (χ3n) is 5.92. The van der Waals surface area contributed by atoms with E-state index in [-0.39, 0.29) is 22.6 Å². The van der Waals surface area contributed by atoms with Gasteiger partial charge in [-0.25, -0.2) is 0 Å². The second kappa shape index (κ2) is 10.1. The van der Waals surface area contributed by atoms with Gasteiger partial charge >= 0.3 is 0 Å². The Balaban J connectivity index is 2.13. The highest BCUT2D eigenvalue weighted by Gasteiger charge is 2.46. The van der Waals surface area contributed by atoms with Crippen molar-refractivity contribution in [3.8, 4) is 11.5 Å². The number of hydrogen-bond donors (Lipinski definition) is 2. The summed E-state index contributed by atoms with van der Waals surface area (Å²) >= 11 is 0. The number of aliphatic hydroxyl groups excluding tert-OH is 1. The van der Waals surface area contributed by atoms with Crippen molar-refractivity contribution < 1.29 is 24.5 Å². The lowest BCUT2D eigenvalue weighted by Gasteiger charge is -2.26. The normalized spacial score (nSPS) is 17.8. The number of phenols is 1. The van der Waals surface area contributed by atoms with Crippen molar-refractivity contribution in [2.45, 2.75) is 33.2 Å². The van der Waals surface area contributed by atoms with E-state index in [0.717, 1.165) is 17.7 Å². The van der Waals surface area contributed by atoms with E-state index in [1.165, 1.54) is 4.90 Å². The molecule has 2 N–H and O–H groups in total. The summed E-state index contributed by atoms with van der Waals surface area (Å²) in [4.78, 5) is 29.6. The summed E-state index contributed by atoms with van der Waals surface area (Å²) < 4.78 is 5.52. The highest BCUT2D eigenvalue weighted by molar-refractivity contribution is 6.46. The molecule has 0 saturated carbocycles. The van der Waals surface area contributed by atoms with Crippen molar-refractivity contribution in [1.29, 1.82) is 0 Å². The Kier molecular flexibility index (Phi) is 7.43. The van der Waals surface area contributed by atoms with Crippen LogP contribution in [-0.4, -0.2) is 65.5 Å². The summed E-state index contributed by atoms with van der Waals surface area (Å²) in [5.41, 5.74) is 2.52. The molecule has 0 bridgehead atoms. The quantitative estimate of drug-likeness (QED) is 0.360. The number of aliphatic hydroxyl groups is 1. The van der Waals surface area contributed by atoms with Gasteiger partial charge in [0, 0.05) is 6.54 Å². The van der Waals surface area contributed by atoms with Gasteiger partial charge in [0.05, 0.1) is 23.8 Å². The van der Waals surface area contributed by atoms with Gasteiger partial charge in [0.2, 0.25) is 0 Å². The molecule has 7 heteroatoms. The van der Waals surface area contributed by atoms with E-state index in [4.69, 9.17) is 4.74 Å². The maximum atomic E-state index is 13.1. The molecular weight excluding hydrogens is 420 g/mol. The van der Waals surface area contributed by atoms with Gasteiger partial charge in [0.1, 0.15) is 17.3 Å². The third kappa shape index (κ3) is 5.03. The summed E-state index contributed by atoms with van der Waals surface area (Å²) in [6.07, 6.45) is 0.669. The highest BCUT2D eigenvalue weighted by atomic mass is 16.5.